The summed E-state index contributed by atoms with van der Waals surface area (Å²) in [4.78, 5) is 4.73. The van der Waals surface area contributed by atoms with Crippen LogP contribution in [0, 0.1) is 0 Å². The molecule has 0 saturated carbocycles. The molecule has 132 valence electrons. The van der Waals surface area contributed by atoms with Crippen molar-refractivity contribution >= 4 is 33.4 Å². The zero-order chi connectivity index (χ0) is 17.6. The van der Waals surface area contributed by atoms with Gasteiger partial charge in [0.05, 0.1) is 17.1 Å². The van der Waals surface area contributed by atoms with E-state index in [0.717, 1.165) is 47.6 Å². The minimum atomic E-state index is -0.474. The molecule has 1 aromatic heterocycles. The molecule has 4 nitrogen and oxygen atoms in total. The zero-order valence-electron chi connectivity index (χ0n) is 14.7. The number of rotatable bonds is 3. The van der Waals surface area contributed by atoms with Crippen LogP contribution >= 0.6 is 11.6 Å². The molecule has 1 fully saturated rings. The number of hydrogen-bond acceptors (Lipinski definition) is 3. The van der Waals surface area contributed by atoms with Crippen LogP contribution in [-0.4, -0.2) is 58.8 Å². The summed E-state index contributed by atoms with van der Waals surface area (Å²) in [6.07, 6.45) is -0.560. The maximum Gasteiger partial charge on any atom is 0.113 e. The van der Waals surface area contributed by atoms with E-state index in [2.05, 4.69) is 51.7 Å². The number of hydrogen-bond donors (Lipinski definition) is 1. The molecule has 1 aliphatic rings. The number of nitrogens with zero attached hydrogens (tertiary/aromatic N) is 3. The Morgan fingerprint density at radius 2 is 1.64 bits per heavy atom. The standard InChI is InChI=1S/C20H24ClN3O/c1-14(25)20(23-11-9-22(2)10-12-23)24-18-6-4-3-5-16(18)17-13-15(21)7-8-19(17)24/h3-8,13-14,20,25H,9-12H2,1-2H3. The van der Waals surface area contributed by atoms with Crippen molar-refractivity contribution in [2.24, 2.45) is 0 Å². The quantitative estimate of drug-likeness (QED) is 0.777. The second-order valence-corrected chi connectivity index (χ2v) is 7.48. The minimum absolute atomic E-state index is 0.0859. The number of benzene rings is 2. The molecule has 3 aromatic rings. The third-order valence-corrected chi connectivity index (χ3v) is 5.51. The molecular weight excluding hydrogens is 334 g/mol. The lowest BCUT2D eigenvalue weighted by atomic mass is 10.2. The average Bonchev–Trinajstić information content (AvgIpc) is 2.91. The molecule has 0 spiro atoms. The predicted molar refractivity (Wildman–Crippen MR) is 104 cm³/mol. The molecule has 5 heteroatoms. The van der Waals surface area contributed by atoms with Crippen molar-refractivity contribution in [2.45, 2.75) is 19.2 Å². The van der Waals surface area contributed by atoms with E-state index in [0.29, 0.717) is 0 Å². The second kappa shape index (κ2) is 6.61. The van der Waals surface area contributed by atoms with Crippen LogP contribution in [-0.2, 0) is 0 Å². The Kier molecular flexibility index (Phi) is 4.46. The van der Waals surface area contributed by atoms with Crippen LogP contribution in [0.4, 0.5) is 0 Å². The van der Waals surface area contributed by atoms with Gasteiger partial charge in [-0.1, -0.05) is 29.8 Å². The lowest BCUT2D eigenvalue weighted by molar-refractivity contribution is -0.00118. The summed E-state index contributed by atoms with van der Waals surface area (Å²) >= 11 is 6.26. The molecule has 4 rings (SSSR count). The van der Waals surface area contributed by atoms with Crippen molar-refractivity contribution in [1.82, 2.24) is 14.4 Å². The molecular formula is C20H24ClN3O. The van der Waals surface area contributed by atoms with E-state index in [1.54, 1.807) is 0 Å². The fraction of sp³-hybridized carbons (Fsp3) is 0.400. The molecule has 1 N–H and O–H groups in total. The highest BCUT2D eigenvalue weighted by atomic mass is 35.5. The van der Waals surface area contributed by atoms with Crippen LogP contribution in [0.5, 0.6) is 0 Å². The Bertz CT molecular complexity index is 896. The predicted octanol–water partition coefficient (Wildman–Crippen LogP) is 3.57. The van der Waals surface area contributed by atoms with Gasteiger partial charge >= 0.3 is 0 Å². The fourth-order valence-corrected chi connectivity index (χ4v) is 4.20. The Morgan fingerprint density at radius 3 is 2.36 bits per heavy atom. The van der Waals surface area contributed by atoms with E-state index in [-0.39, 0.29) is 6.17 Å². The van der Waals surface area contributed by atoms with Crippen molar-refractivity contribution in [3.8, 4) is 0 Å². The molecule has 25 heavy (non-hydrogen) atoms. The van der Waals surface area contributed by atoms with Gasteiger partial charge in [-0.15, -0.1) is 0 Å². The van der Waals surface area contributed by atoms with Crippen LogP contribution in [0.2, 0.25) is 5.02 Å². The SMILES string of the molecule is CC(O)C(N1CCN(C)CC1)n1c2ccccc2c2cc(Cl)ccc21. The summed E-state index contributed by atoms with van der Waals surface area (Å²) in [6.45, 7) is 5.83. The maximum absolute atomic E-state index is 10.7. The number of aliphatic hydroxyl groups is 1. The van der Waals surface area contributed by atoms with Crippen LogP contribution in [0.15, 0.2) is 42.5 Å². The maximum atomic E-state index is 10.7. The van der Waals surface area contributed by atoms with Gasteiger partial charge in [0.2, 0.25) is 0 Å². The fourth-order valence-electron chi connectivity index (χ4n) is 4.03. The van der Waals surface area contributed by atoms with Crippen molar-refractivity contribution in [2.75, 3.05) is 33.2 Å². The Balaban J connectivity index is 1.93. The number of aromatic nitrogens is 1. The Morgan fingerprint density at radius 1 is 0.960 bits per heavy atom. The van der Waals surface area contributed by atoms with Gasteiger partial charge in [-0.25, -0.2) is 0 Å². The van der Waals surface area contributed by atoms with Gasteiger partial charge in [-0.2, -0.15) is 0 Å². The van der Waals surface area contributed by atoms with Crippen molar-refractivity contribution in [3.05, 3.63) is 47.5 Å². The first-order valence-corrected chi connectivity index (χ1v) is 9.23. The molecule has 0 radical (unpaired) electrons. The summed E-state index contributed by atoms with van der Waals surface area (Å²) in [5.41, 5.74) is 2.26. The number of halogens is 1. The molecule has 2 unspecified atom stereocenters. The first kappa shape index (κ1) is 16.9. The van der Waals surface area contributed by atoms with Crippen molar-refractivity contribution < 1.29 is 5.11 Å². The highest BCUT2D eigenvalue weighted by molar-refractivity contribution is 6.31. The van der Waals surface area contributed by atoms with Gasteiger partial charge in [-0.05, 0) is 38.2 Å². The lowest BCUT2D eigenvalue weighted by Crippen LogP contribution is -2.49. The molecule has 2 aromatic carbocycles. The smallest absolute Gasteiger partial charge is 0.113 e. The first-order valence-electron chi connectivity index (χ1n) is 8.85. The summed E-state index contributed by atoms with van der Waals surface area (Å²) in [5, 5.41) is 13.7. The third kappa shape index (κ3) is 2.93. The van der Waals surface area contributed by atoms with Crippen LogP contribution in [0.3, 0.4) is 0 Å². The molecule has 1 aliphatic heterocycles. The van der Waals surface area contributed by atoms with E-state index in [4.69, 9.17) is 11.6 Å². The monoisotopic (exact) mass is 357 g/mol. The topological polar surface area (TPSA) is 31.6 Å². The summed E-state index contributed by atoms with van der Waals surface area (Å²) < 4.78 is 2.29. The molecule has 0 aliphatic carbocycles. The van der Waals surface area contributed by atoms with E-state index >= 15 is 0 Å². The van der Waals surface area contributed by atoms with Gasteiger partial charge in [0.25, 0.3) is 0 Å². The molecule has 1 saturated heterocycles. The summed E-state index contributed by atoms with van der Waals surface area (Å²) in [6, 6.07) is 14.4. The Hall–Kier alpha value is -1.59. The number of likely N-dealkylation sites (N-methyl/N-ethyl adjacent to an activating group) is 1. The van der Waals surface area contributed by atoms with E-state index in [1.165, 1.54) is 5.39 Å². The number of fused-ring (bicyclic) bond motifs is 3. The first-order chi connectivity index (χ1) is 12.1. The van der Waals surface area contributed by atoms with Crippen LogP contribution in [0.25, 0.3) is 21.8 Å². The average molecular weight is 358 g/mol. The van der Waals surface area contributed by atoms with E-state index in [1.807, 2.05) is 19.1 Å². The highest BCUT2D eigenvalue weighted by Crippen LogP contribution is 2.35. The molecule has 0 bridgehead atoms. The van der Waals surface area contributed by atoms with Gasteiger partial charge in [0.1, 0.15) is 6.17 Å². The van der Waals surface area contributed by atoms with Crippen molar-refractivity contribution in [3.63, 3.8) is 0 Å². The van der Waals surface area contributed by atoms with Crippen LogP contribution < -0.4 is 0 Å². The highest BCUT2D eigenvalue weighted by Gasteiger charge is 2.30. The summed E-state index contributed by atoms with van der Waals surface area (Å²) in [5.74, 6) is 0. The van der Waals surface area contributed by atoms with Crippen molar-refractivity contribution in [1.29, 1.82) is 0 Å². The number of piperazine rings is 1. The molecule has 0 amide bonds. The minimum Gasteiger partial charge on any atom is -0.390 e. The lowest BCUT2D eigenvalue weighted by Gasteiger charge is -2.40. The van der Waals surface area contributed by atoms with E-state index in [9.17, 15) is 5.11 Å². The van der Waals surface area contributed by atoms with E-state index < -0.39 is 6.10 Å². The van der Waals surface area contributed by atoms with Crippen LogP contribution in [0.1, 0.15) is 13.1 Å². The van der Waals surface area contributed by atoms with Gasteiger partial charge in [-0.3, -0.25) is 4.90 Å². The third-order valence-electron chi connectivity index (χ3n) is 5.28. The largest absolute Gasteiger partial charge is 0.390 e. The summed E-state index contributed by atoms with van der Waals surface area (Å²) in [7, 11) is 2.15. The zero-order valence-corrected chi connectivity index (χ0v) is 15.4. The second-order valence-electron chi connectivity index (χ2n) is 7.04. The number of aliphatic hydroxyl groups excluding tert-OH is 1. The van der Waals surface area contributed by atoms with Gasteiger partial charge < -0.3 is 14.6 Å². The number of para-hydroxylation sites is 1. The normalized spacial score (nSPS) is 19.5. The molecule has 2 heterocycles. The Labute approximate surface area is 153 Å². The van der Waals surface area contributed by atoms with Gasteiger partial charge in [0.15, 0.2) is 0 Å². The molecule has 2 atom stereocenters. The van der Waals surface area contributed by atoms with Gasteiger partial charge in [0, 0.05) is 42.0 Å².